The van der Waals surface area contributed by atoms with Crippen molar-refractivity contribution in [2.45, 2.75) is 17.1 Å². The molecule has 170 valence electrons. The fourth-order valence-electron chi connectivity index (χ4n) is 3.50. The van der Waals surface area contributed by atoms with Gasteiger partial charge in [-0.15, -0.1) is 0 Å². The molecule has 11 nitrogen and oxygen atoms in total. The van der Waals surface area contributed by atoms with E-state index in [1.165, 1.54) is 36.5 Å². The number of fused-ring (bicyclic) bond motifs is 1. The summed E-state index contributed by atoms with van der Waals surface area (Å²) in [5.41, 5.74) is 5.19. The highest BCUT2D eigenvalue weighted by Gasteiger charge is 2.41. The number of anilines is 1. The molecule has 1 atom stereocenters. The maximum atomic E-state index is 13.4. The highest BCUT2D eigenvalue weighted by atomic mass is 32.2. The average Bonchev–Trinajstić information content (AvgIpc) is 3.15. The summed E-state index contributed by atoms with van der Waals surface area (Å²) in [4.78, 5) is 37.4. The number of aromatic nitrogens is 2. The molecule has 2 aromatic rings. The van der Waals surface area contributed by atoms with Crippen molar-refractivity contribution in [3.05, 3.63) is 35.9 Å². The van der Waals surface area contributed by atoms with E-state index >= 15 is 0 Å². The molecular weight excluding hydrogens is 443 g/mol. The summed E-state index contributed by atoms with van der Waals surface area (Å²) in [6.45, 7) is 2.08. The number of hydrogen-bond donors (Lipinski definition) is 2. The molecule has 0 bridgehead atoms. The van der Waals surface area contributed by atoms with Crippen LogP contribution in [0.15, 0.2) is 29.6 Å². The molecule has 2 aliphatic heterocycles. The van der Waals surface area contributed by atoms with Crippen LogP contribution in [0.2, 0.25) is 0 Å². The van der Waals surface area contributed by atoms with Crippen molar-refractivity contribution in [3.8, 4) is 11.6 Å². The molecule has 3 amide bonds. The fourth-order valence-corrected chi connectivity index (χ4v) is 4.55. The number of primary amides is 1. The largest absolute Gasteiger partial charge is 0.508 e. The van der Waals surface area contributed by atoms with E-state index in [1.807, 2.05) is 4.90 Å². The molecule has 1 saturated heterocycles. The van der Waals surface area contributed by atoms with Crippen molar-refractivity contribution in [2.24, 2.45) is 5.73 Å². The molecular formula is C19H21FN6O5S. The van der Waals surface area contributed by atoms with Crippen LogP contribution >= 0.6 is 11.8 Å². The number of piperazine rings is 1. The first kappa shape index (κ1) is 21.9. The molecule has 2 aliphatic rings. The monoisotopic (exact) mass is 464 g/mol. The van der Waals surface area contributed by atoms with Gasteiger partial charge >= 0.3 is 12.1 Å². The Kier molecular flexibility index (Phi) is 6.19. The Hall–Kier alpha value is -3.32. The van der Waals surface area contributed by atoms with E-state index in [-0.39, 0.29) is 17.3 Å². The number of phenolic OH excluding ortho intramolecular Hbond substituents is 1. The molecule has 0 radical (unpaired) electrons. The van der Waals surface area contributed by atoms with Crippen molar-refractivity contribution >= 4 is 29.6 Å². The van der Waals surface area contributed by atoms with Crippen LogP contribution in [0.3, 0.4) is 0 Å². The van der Waals surface area contributed by atoms with Crippen LogP contribution in [0.1, 0.15) is 5.56 Å². The number of carbonyl (C=O) groups is 2. The number of urea groups is 1. The first-order chi connectivity index (χ1) is 15.4. The van der Waals surface area contributed by atoms with E-state index in [9.17, 15) is 19.1 Å². The third kappa shape index (κ3) is 4.34. The van der Waals surface area contributed by atoms with Gasteiger partial charge in [0.2, 0.25) is 11.4 Å². The lowest BCUT2D eigenvalue weighted by Gasteiger charge is -2.35. The lowest BCUT2D eigenvalue weighted by molar-refractivity contribution is 0.0688. The van der Waals surface area contributed by atoms with Gasteiger partial charge in [0.25, 0.3) is 0 Å². The first-order valence-electron chi connectivity index (χ1n) is 9.67. The molecule has 0 aliphatic carbocycles. The van der Waals surface area contributed by atoms with Gasteiger partial charge in [0, 0.05) is 38.3 Å². The van der Waals surface area contributed by atoms with Crippen LogP contribution in [0.4, 0.5) is 19.7 Å². The summed E-state index contributed by atoms with van der Waals surface area (Å²) in [6, 6.07) is 2.98. The van der Waals surface area contributed by atoms with Crippen LogP contribution in [0.5, 0.6) is 11.6 Å². The average molecular weight is 464 g/mol. The number of aromatic hydroxyl groups is 1. The van der Waals surface area contributed by atoms with Gasteiger partial charge < -0.3 is 25.2 Å². The zero-order chi connectivity index (χ0) is 22.8. The summed E-state index contributed by atoms with van der Waals surface area (Å²) in [7, 11) is 1.40. The number of halogens is 1. The Labute approximate surface area is 186 Å². The molecule has 1 fully saturated rings. The molecule has 1 aromatic carbocycles. The molecule has 13 heteroatoms. The number of hydrogen-bond acceptors (Lipinski definition) is 9. The zero-order valence-electron chi connectivity index (χ0n) is 17.1. The number of thioether (sulfide) groups is 1. The second kappa shape index (κ2) is 9.04. The lowest BCUT2D eigenvalue weighted by Crippen LogP contribution is -2.50. The molecule has 3 N–H and O–H groups in total. The fraction of sp³-hybridized carbons (Fsp3) is 0.368. The lowest BCUT2D eigenvalue weighted by atomic mass is 10.1. The van der Waals surface area contributed by atoms with Crippen LogP contribution in [-0.2, 0) is 11.3 Å². The molecule has 4 rings (SSSR count). The van der Waals surface area contributed by atoms with E-state index in [4.69, 9.17) is 15.2 Å². The second-order valence-corrected chi connectivity index (χ2v) is 8.12. The molecule has 32 heavy (non-hydrogen) atoms. The molecule has 0 spiro atoms. The molecule has 3 heterocycles. The smallest absolute Gasteiger partial charge is 0.412 e. The number of nitrogens with zero attached hydrogens (tertiary/aromatic N) is 5. The number of benzene rings is 1. The van der Waals surface area contributed by atoms with Crippen molar-refractivity contribution in [1.29, 1.82) is 0 Å². The van der Waals surface area contributed by atoms with Gasteiger partial charge in [-0.25, -0.2) is 23.9 Å². The van der Waals surface area contributed by atoms with Gasteiger partial charge in [-0.05, 0) is 30.0 Å². The van der Waals surface area contributed by atoms with E-state index in [2.05, 4.69) is 9.97 Å². The van der Waals surface area contributed by atoms with E-state index in [0.717, 1.165) is 16.7 Å². The van der Waals surface area contributed by atoms with Gasteiger partial charge in [0.1, 0.15) is 28.6 Å². The standard InChI is InChI=1S/C19H21FN6O5S/c1-30-15-14-16(23-10-22-15)32-19(26(14)17(21)28)31-18(29)25-6-4-24(5-7-25)9-11-8-12(20)2-3-13(11)27/h2-3,8,10,19,27H,4-7,9H2,1H3,(H2,21,28). The zero-order valence-corrected chi connectivity index (χ0v) is 17.9. The van der Waals surface area contributed by atoms with Gasteiger partial charge in [-0.3, -0.25) is 4.90 Å². The highest BCUT2D eigenvalue weighted by Crippen LogP contribution is 2.46. The van der Waals surface area contributed by atoms with Crippen molar-refractivity contribution in [3.63, 3.8) is 0 Å². The van der Waals surface area contributed by atoms with Crippen LogP contribution < -0.4 is 15.4 Å². The summed E-state index contributed by atoms with van der Waals surface area (Å²) >= 11 is 1.05. The Morgan fingerprint density at radius 3 is 2.72 bits per heavy atom. The minimum atomic E-state index is -1.04. The first-order valence-corrected chi connectivity index (χ1v) is 10.5. The van der Waals surface area contributed by atoms with Crippen LogP contribution in [-0.4, -0.2) is 75.8 Å². The minimum Gasteiger partial charge on any atom is -0.508 e. The molecule has 1 unspecified atom stereocenters. The maximum Gasteiger partial charge on any atom is 0.412 e. The van der Waals surface area contributed by atoms with Gasteiger partial charge in [-0.2, -0.15) is 4.98 Å². The van der Waals surface area contributed by atoms with E-state index in [1.54, 1.807) is 0 Å². The minimum absolute atomic E-state index is 0.0242. The predicted molar refractivity (Wildman–Crippen MR) is 112 cm³/mol. The number of ether oxygens (including phenoxy) is 2. The number of phenols is 1. The van der Waals surface area contributed by atoms with Gasteiger partial charge in [-0.1, -0.05) is 0 Å². The summed E-state index contributed by atoms with van der Waals surface area (Å²) in [5.74, 6) is -0.249. The quantitative estimate of drug-likeness (QED) is 0.646. The Morgan fingerprint density at radius 2 is 2.03 bits per heavy atom. The Morgan fingerprint density at radius 1 is 1.28 bits per heavy atom. The van der Waals surface area contributed by atoms with Gasteiger partial charge in [0.05, 0.1) is 7.11 Å². The second-order valence-electron chi connectivity index (χ2n) is 7.09. The SMILES string of the molecule is COc1ncnc2c1N(C(N)=O)C(OC(=O)N1CCN(Cc3cc(F)ccc3O)CC1)S2. The van der Waals surface area contributed by atoms with Crippen molar-refractivity contribution in [2.75, 3.05) is 38.2 Å². The third-order valence-electron chi connectivity index (χ3n) is 5.12. The number of carbonyl (C=O) groups excluding carboxylic acids is 2. The highest BCUT2D eigenvalue weighted by molar-refractivity contribution is 8.00. The number of rotatable bonds is 4. The number of nitrogens with two attached hydrogens (primary N) is 1. The Balaban J connectivity index is 1.37. The van der Waals surface area contributed by atoms with E-state index < -0.39 is 23.5 Å². The van der Waals surface area contributed by atoms with Gasteiger partial charge in [0.15, 0.2) is 0 Å². The van der Waals surface area contributed by atoms with E-state index in [0.29, 0.717) is 43.3 Å². The summed E-state index contributed by atoms with van der Waals surface area (Å²) in [6.07, 6.45) is 0.672. The summed E-state index contributed by atoms with van der Waals surface area (Å²) < 4.78 is 24.2. The Bertz CT molecular complexity index is 1040. The van der Waals surface area contributed by atoms with Crippen molar-refractivity contribution < 1.29 is 28.6 Å². The normalized spacial score (nSPS) is 18.4. The predicted octanol–water partition coefficient (Wildman–Crippen LogP) is 1.56. The van der Waals surface area contributed by atoms with Crippen LogP contribution in [0, 0.1) is 5.82 Å². The third-order valence-corrected chi connectivity index (χ3v) is 6.15. The molecule has 1 aromatic heterocycles. The maximum absolute atomic E-state index is 13.4. The van der Waals surface area contributed by atoms with Crippen molar-refractivity contribution in [1.82, 2.24) is 19.8 Å². The van der Waals surface area contributed by atoms with Crippen LogP contribution in [0.25, 0.3) is 0 Å². The number of methoxy groups -OCH3 is 1. The molecule has 0 saturated carbocycles. The topological polar surface area (TPSA) is 134 Å². The number of amides is 3. The summed E-state index contributed by atoms with van der Waals surface area (Å²) in [5, 5.41) is 10.3.